The van der Waals surface area contributed by atoms with Crippen molar-refractivity contribution in [3.63, 3.8) is 0 Å². The number of urea groups is 1. The van der Waals surface area contributed by atoms with Crippen molar-refractivity contribution in [2.45, 2.75) is 44.8 Å². The molecule has 25 heavy (non-hydrogen) atoms. The summed E-state index contributed by atoms with van der Waals surface area (Å²) < 4.78 is 0. The molecule has 1 atom stereocenters. The van der Waals surface area contributed by atoms with Crippen molar-refractivity contribution < 1.29 is 4.79 Å². The van der Waals surface area contributed by atoms with E-state index >= 15 is 0 Å². The minimum Gasteiger partial charge on any atom is -0.342 e. The lowest BCUT2D eigenvalue weighted by Gasteiger charge is -2.41. The summed E-state index contributed by atoms with van der Waals surface area (Å²) in [6.07, 6.45) is 5.48. The van der Waals surface area contributed by atoms with Gasteiger partial charge < -0.3 is 9.80 Å². The average Bonchev–Trinajstić information content (AvgIpc) is 3.14. The number of guanidine groups is 1. The summed E-state index contributed by atoms with van der Waals surface area (Å²) in [6.45, 7) is 3.09. The Hall–Kier alpha value is -2.55. The normalized spacial score (nSPS) is 23.3. The first-order valence-electron chi connectivity index (χ1n) is 9.17. The molecule has 0 aliphatic carbocycles. The van der Waals surface area contributed by atoms with Crippen LogP contribution in [0.3, 0.4) is 0 Å². The molecule has 1 unspecified atom stereocenters. The quantitative estimate of drug-likeness (QED) is 0.833. The number of benzene rings is 1. The highest BCUT2D eigenvalue weighted by Crippen LogP contribution is 2.28. The van der Waals surface area contributed by atoms with Crippen molar-refractivity contribution in [3.05, 3.63) is 35.4 Å². The van der Waals surface area contributed by atoms with Crippen LogP contribution in [0.15, 0.2) is 29.3 Å². The first kappa shape index (κ1) is 15.9. The molecular formula is C19H23N5O. The van der Waals surface area contributed by atoms with Gasteiger partial charge in [0.1, 0.15) is 6.17 Å². The van der Waals surface area contributed by atoms with Crippen LogP contribution in [0.4, 0.5) is 4.79 Å². The maximum atomic E-state index is 13.1. The van der Waals surface area contributed by atoms with Gasteiger partial charge in [0.25, 0.3) is 0 Å². The molecule has 1 aromatic carbocycles. The van der Waals surface area contributed by atoms with Gasteiger partial charge in [-0.3, -0.25) is 4.90 Å². The molecule has 130 valence electrons. The third kappa shape index (κ3) is 2.95. The van der Waals surface area contributed by atoms with Crippen molar-refractivity contribution in [1.82, 2.24) is 14.7 Å². The number of carbonyl (C=O) groups is 1. The van der Waals surface area contributed by atoms with E-state index in [1.54, 1.807) is 11.0 Å². The van der Waals surface area contributed by atoms with Crippen LogP contribution >= 0.6 is 0 Å². The summed E-state index contributed by atoms with van der Waals surface area (Å²) in [7, 11) is 0. The number of carbonyl (C=O) groups excluding carboxylic acids is 1. The highest BCUT2D eigenvalue weighted by Gasteiger charge is 2.40. The molecule has 0 spiro atoms. The molecule has 0 radical (unpaired) electrons. The van der Waals surface area contributed by atoms with Crippen LogP contribution in [0, 0.1) is 11.3 Å². The van der Waals surface area contributed by atoms with E-state index < -0.39 is 0 Å². The molecule has 0 N–H and O–H groups in total. The SMILES string of the molecule is N#Cc1ccccc1CN1C(=O)N2CCCC2N=C1N1CCCCC1. The molecule has 6 nitrogen and oxygen atoms in total. The van der Waals surface area contributed by atoms with E-state index in [0.29, 0.717) is 12.1 Å². The van der Waals surface area contributed by atoms with E-state index in [9.17, 15) is 10.1 Å². The molecule has 3 aliphatic heterocycles. The monoisotopic (exact) mass is 337 g/mol. The highest BCUT2D eigenvalue weighted by molar-refractivity contribution is 5.98. The van der Waals surface area contributed by atoms with Gasteiger partial charge >= 0.3 is 6.03 Å². The zero-order valence-electron chi connectivity index (χ0n) is 14.4. The van der Waals surface area contributed by atoms with Gasteiger partial charge in [0.15, 0.2) is 0 Å². The van der Waals surface area contributed by atoms with Gasteiger partial charge in [-0.05, 0) is 43.7 Å². The lowest BCUT2D eigenvalue weighted by Crippen LogP contribution is -2.57. The van der Waals surface area contributed by atoms with E-state index in [0.717, 1.165) is 56.8 Å². The van der Waals surface area contributed by atoms with E-state index in [-0.39, 0.29) is 12.2 Å². The predicted molar refractivity (Wildman–Crippen MR) is 94.7 cm³/mol. The number of amides is 2. The number of nitrogens with zero attached hydrogens (tertiary/aromatic N) is 5. The zero-order chi connectivity index (χ0) is 17.2. The van der Waals surface area contributed by atoms with Crippen molar-refractivity contribution in [2.75, 3.05) is 19.6 Å². The van der Waals surface area contributed by atoms with Gasteiger partial charge in [-0.1, -0.05) is 18.2 Å². The highest BCUT2D eigenvalue weighted by atomic mass is 16.2. The fourth-order valence-electron chi connectivity index (χ4n) is 3.97. The molecule has 3 heterocycles. The number of hydrogen-bond donors (Lipinski definition) is 0. The molecule has 6 heteroatoms. The Morgan fingerprint density at radius 2 is 1.92 bits per heavy atom. The van der Waals surface area contributed by atoms with Gasteiger partial charge in [-0.2, -0.15) is 5.26 Å². The Kier molecular flexibility index (Phi) is 4.31. The molecular weight excluding hydrogens is 314 g/mol. The van der Waals surface area contributed by atoms with E-state index in [1.165, 1.54) is 6.42 Å². The van der Waals surface area contributed by atoms with E-state index in [1.807, 2.05) is 23.1 Å². The number of likely N-dealkylation sites (tertiary alicyclic amines) is 1. The standard InChI is InChI=1S/C19H23N5O/c20-13-15-7-2-3-8-16(15)14-24-18(22-10-4-1-5-11-22)21-17-9-6-12-23(17)19(24)25/h2-3,7-8,17H,1,4-6,9-12,14H2. The van der Waals surface area contributed by atoms with Gasteiger partial charge in [-0.25, -0.2) is 9.79 Å². The van der Waals surface area contributed by atoms with Crippen molar-refractivity contribution in [1.29, 1.82) is 5.26 Å². The van der Waals surface area contributed by atoms with E-state index in [2.05, 4.69) is 11.0 Å². The summed E-state index contributed by atoms with van der Waals surface area (Å²) >= 11 is 0. The summed E-state index contributed by atoms with van der Waals surface area (Å²) in [6, 6.07) is 9.78. The minimum absolute atomic E-state index is 0.00751. The zero-order valence-corrected chi connectivity index (χ0v) is 14.4. The number of hydrogen-bond acceptors (Lipinski definition) is 4. The largest absolute Gasteiger partial charge is 0.342 e. The van der Waals surface area contributed by atoms with Crippen molar-refractivity contribution in [2.24, 2.45) is 4.99 Å². The van der Waals surface area contributed by atoms with Crippen LogP contribution < -0.4 is 0 Å². The summed E-state index contributed by atoms with van der Waals surface area (Å²) in [5, 5.41) is 9.37. The van der Waals surface area contributed by atoms with Crippen molar-refractivity contribution in [3.8, 4) is 6.07 Å². The minimum atomic E-state index is -0.00751. The molecule has 2 saturated heterocycles. The lowest BCUT2D eigenvalue weighted by molar-refractivity contribution is 0.149. The first-order valence-corrected chi connectivity index (χ1v) is 9.17. The molecule has 2 fully saturated rings. The van der Waals surface area contributed by atoms with Gasteiger partial charge in [-0.15, -0.1) is 0 Å². The fraction of sp³-hybridized carbons (Fsp3) is 0.526. The molecule has 2 amide bonds. The second-order valence-electron chi connectivity index (χ2n) is 6.93. The van der Waals surface area contributed by atoms with Gasteiger partial charge in [0, 0.05) is 19.6 Å². The Bertz CT molecular complexity index is 732. The van der Waals surface area contributed by atoms with Crippen molar-refractivity contribution >= 4 is 12.0 Å². The maximum absolute atomic E-state index is 13.1. The first-order chi connectivity index (χ1) is 12.3. The van der Waals surface area contributed by atoms with E-state index in [4.69, 9.17) is 4.99 Å². The third-order valence-electron chi connectivity index (χ3n) is 5.31. The van der Waals surface area contributed by atoms with Gasteiger partial charge in [0.2, 0.25) is 5.96 Å². The second kappa shape index (κ2) is 6.75. The Morgan fingerprint density at radius 3 is 2.72 bits per heavy atom. The lowest BCUT2D eigenvalue weighted by atomic mass is 10.1. The summed E-state index contributed by atoms with van der Waals surface area (Å²) in [5.41, 5.74) is 1.50. The third-order valence-corrected chi connectivity index (χ3v) is 5.31. The number of aliphatic imine (C=N–C) groups is 1. The smallest absolute Gasteiger partial charge is 0.328 e. The maximum Gasteiger partial charge on any atom is 0.328 e. The van der Waals surface area contributed by atoms with Crippen LogP contribution in [0.2, 0.25) is 0 Å². The topological polar surface area (TPSA) is 62.9 Å². The number of nitriles is 1. The number of fused-ring (bicyclic) bond motifs is 1. The molecule has 3 aliphatic rings. The number of piperidine rings is 1. The molecule has 0 aromatic heterocycles. The Balaban J connectivity index is 1.68. The van der Waals surface area contributed by atoms with Crippen LogP contribution in [0.1, 0.15) is 43.2 Å². The van der Waals surface area contributed by atoms with Crippen LogP contribution in [0.5, 0.6) is 0 Å². The summed E-state index contributed by atoms with van der Waals surface area (Å²) in [4.78, 5) is 24.0. The fourth-order valence-corrected chi connectivity index (χ4v) is 3.97. The second-order valence-corrected chi connectivity index (χ2v) is 6.93. The van der Waals surface area contributed by atoms with Gasteiger partial charge in [0.05, 0.1) is 18.2 Å². The summed E-state index contributed by atoms with van der Waals surface area (Å²) in [5.74, 6) is 0.806. The Morgan fingerprint density at radius 1 is 1.12 bits per heavy atom. The molecule has 4 rings (SSSR count). The number of rotatable bonds is 2. The van der Waals surface area contributed by atoms with Crippen LogP contribution in [-0.2, 0) is 6.54 Å². The molecule has 0 bridgehead atoms. The predicted octanol–water partition coefficient (Wildman–Crippen LogP) is 2.76. The van der Waals surface area contributed by atoms with Crippen LogP contribution in [0.25, 0.3) is 0 Å². The molecule has 0 saturated carbocycles. The average molecular weight is 337 g/mol. The molecule has 1 aromatic rings. The Labute approximate surface area is 148 Å². The van der Waals surface area contributed by atoms with Crippen LogP contribution in [-0.4, -0.2) is 52.5 Å².